The van der Waals surface area contributed by atoms with Crippen molar-refractivity contribution in [2.24, 2.45) is 11.8 Å². The Hall–Kier alpha value is -1.87. The Kier molecular flexibility index (Phi) is 4.88. The van der Waals surface area contributed by atoms with E-state index in [1.807, 2.05) is 13.8 Å². The lowest BCUT2D eigenvalue weighted by molar-refractivity contribution is -0.163. The largest absolute Gasteiger partial charge is 0.477 e. The second-order valence-corrected chi connectivity index (χ2v) is 7.88. The number of amides is 1. The quantitative estimate of drug-likeness (QED) is 0.691. The van der Waals surface area contributed by atoms with Crippen LogP contribution in [0.3, 0.4) is 0 Å². The molecule has 1 saturated heterocycles. The summed E-state index contributed by atoms with van der Waals surface area (Å²) in [6.45, 7) is 6.16. The fraction of sp³-hybridized carbons (Fsp3) is 0.625. The maximum absolute atomic E-state index is 12.3. The molecule has 1 aromatic rings. The van der Waals surface area contributed by atoms with Gasteiger partial charge in [-0.05, 0) is 13.3 Å². The summed E-state index contributed by atoms with van der Waals surface area (Å²) in [4.78, 5) is 30.1. The van der Waals surface area contributed by atoms with Crippen molar-refractivity contribution in [2.45, 2.75) is 51.1 Å². The minimum Gasteiger partial charge on any atom is -0.477 e. The lowest BCUT2D eigenvalue weighted by atomic mass is 9.79. The van der Waals surface area contributed by atoms with E-state index in [-0.39, 0.29) is 28.8 Å². The zero-order valence-corrected chi connectivity index (χ0v) is 15.2. The number of carboxylic acids is 1. The van der Waals surface area contributed by atoms with Crippen LogP contribution in [0.1, 0.15) is 27.2 Å². The van der Waals surface area contributed by atoms with Gasteiger partial charge in [-0.2, -0.15) is 5.10 Å². The number of aliphatic hydroxyl groups is 1. The van der Waals surface area contributed by atoms with Crippen LogP contribution < -0.4 is 0 Å². The van der Waals surface area contributed by atoms with Gasteiger partial charge in [-0.25, -0.2) is 9.78 Å². The fourth-order valence-corrected chi connectivity index (χ4v) is 5.05. The molecular formula is C16H22N4O4S. The number of aliphatic carboxylic acids is 1. The van der Waals surface area contributed by atoms with Crippen LogP contribution in [0.15, 0.2) is 23.3 Å². The van der Waals surface area contributed by atoms with Crippen LogP contribution in [0.25, 0.3) is 0 Å². The van der Waals surface area contributed by atoms with E-state index in [9.17, 15) is 19.8 Å². The molecule has 0 unspecified atom stereocenters. The third-order valence-electron chi connectivity index (χ3n) is 4.92. The lowest BCUT2D eigenvalue weighted by Gasteiger charge is -2.46. The van der Waals surface area contributed by atoms with Gasteiger partial charge in [0.05, 0.1) is 24.6 Å². The molecule has 1 amide bonds. The molecule has 2 N–H and O–H groups in total. The summed E-state index contributed by atoms with van der Waals surface area (Å²) in [7, 11) is 0. The Morgan fingerprint density at radius 3 is 2.72 bits per heavy atom. The number of hydrogen-bond donors (Lipinski definition) is 2. The van der Waals surface area contributed by atoms with Gasteiger partial charge < -0.3 is 15.1 Å². The number of hydrogen-bond acceptors (Lipinski definition) is 6. The molecule has 0 radical (unpaired) electrons. The highest BCUT2D eigenvalue weighted by atomic mass is 32.2. The molecule has 3 rings (SSSR count). The molecule has 8 nitrogen and oxygen atoms in total. The van der Waals surface area contributed by atoms with E-state index in [1.165, 1.54) is 23.0 Å². The number of fused-ring (bicyclic) bond motifs is 1. The molecule has 0 spiro atoms. The van der Waals surface area contributed by atoms with Gasteiger partial charge in [-0.15, -0.1) is 11.8 Å². The zero-order valence-electron chi connectivity index (χ0n) is 14.4. The topological polar surface area (TPSA) is 109 Å². The van der Waals surface area contributed by atoms with Crippen molar-refractivity contribution in [3.8, 4) is 0 Å². The highest BCUT2D eigenvalue weighted by molar-refractivity contribution is 8.03. The van der Waals surface area contributed by atoms with Gasteiger partial charge in [0.2, 0.25) is 5.91 Å². The number of aliphatic hydroxyl groups excluding tert-OH is 1. The second kappa shape index (κ2) is 6.80. The predicted molar refractivity (Wildman–Crippen MR) is 91.3 cm³/mol. The van der Waals surface area contributed by atoms with E-state index in [0.29, 0.717) is 11.4 Å². The Labute approximate surface area is 149 Å². The van der Waals surface area contributed by atoms with Crippen LogP contribution in [-0.4, -0.2) is 59.1 Å². The maximum atomic E-state index is 12.3. The minimum absolute atomic E-state index is 0.0708. The number of rotatable bonds is 7. The standard InChI is InChI=1S/C16H22N4O4S/c1-4-10(5-19-7-17-6-18-19)25-14-8(2)12-11(9(3)21)15(22)20(12)13(14)16(23)24/h6-12,21H,4-5H2,1-3H3,(H,23,24)/t8-,9-,10-,11-,12-/m1/s1. The van der Waals surface area contributed by atoms with Crippen LogP contribution in [0, 0.1) is 11.8 Å². The molecule has 0 bridgehead atoms. The van der Waals surface area contributed by atoms with Crippen LogP contribution in [-0.2, 0) is 16.1 Å². The molecular weight excluding hydrogens is 344 g/mol. The van der Waals surface area contributed by atoms with E-state index in [4.69, 9.17) is 0 Å². The first-order valence-corrected chi connectivity index (χ1v) is 9.22. The van der Waals surface area contributed by atoms with Crippen molar-refractivity contribution < 1.29 is 19.8 Å². The Morgan fingerprint density at radius 1 is 1.48 bits per heavy atom. The number of β-lactam (4-membered cyclic amide) rings is 1. The molecule has 9 heteroatoms. The molecule has 25 heavy (non-hydrogen) atoms. The number of aromatic nitrogens is 3. The molecule has 5 atom stereocenters. The van der Waals surface area contributed by atoms with Crippen molar-refractivity contribution in [1.82, 2.24) is 19.7 Å². The second-order valence-electron chi connectivity index (χ2n) is 6.54. The highest BCUT2D eigenvalue weighted by Gasteiger charge is 2.60. The molecule has 2 aliphatic rings. The number of carbonyl (C=O) groups excluding carboxylic acids is 1. The number of carbonyl (C=O) groups is 2. The molecule has 1 fully saturated rings. The maximum Gasteiger partial charge on any atom is 0.353 e. The van der Waals surface area contributed by atoms with Crippen molar-refractivity contribution in [1.29, 1.82) is 0 Å². The van der Waals surface area contributed by atoms with E-state index in [0.717, 1.165) is 6.42 Å². The van der Waals surface area contributed by atoms with Crippen molar-refractivity contribution in [3.63, 3.8) is 0 Å². The van der Waals surface area contributed by atoms with Crippen molar-refractivity contribution >= 4 is 23.6 Å². The van der Waals surface area contributed by atoms with Gasteiger partial charge in [0.15, 0.2) is 0 Å². The Morgan fingerprint density at radius 2 is 2.20 bits per heavy atom. The summed E-state index contributed by atoms with van der Waals surface area (Å²) in [5, 5.41) is 23.8. The number of thioether (sulfide) groups is 1. The molecule has 2 aliphatic heterocycles. The molecule has 1 aromatic heterocycles. The van der Waals surface area contributed by atoms with Gasteiger partial charge >= 0.3 is 5.97 Å². The average Bonchev–Trinajstić information content (AvgIpc) is 3.12. The highest BCUT2D eigenvalue weighted by Crippen LogP contribution is 2.51. The zero-order chi connectivity index (χ0) is 18.3. The van der Waals surface area contributed by atoms with Crippen LogP contribution in [0.2, 0.25) is 0 Å². The third-order valence-corrected chi connectivity index (χ3v) is 6.55. The van der Waals surface area contributed by atoms with Gasteiger partial charge in [0.25, 0.3) is 0 Å². The monoisotopic (exact) mass is 366 g/mol. The summed E-state index contributed by atoms with van der Waals surface area (Å²) in [5.41, 5.74) is 0.0708. The number of carboxylic acid groups (broad SMARTS) is 1. The molecule has 0 aromatic carbocycles. The smallest absolute Gasteiger partial charge is 0.353 e. The lowest BCUT2D eigenvalue weighted by Crippen LogP contribution is -2.63. The van der Waals surface area contributed by atoms with Crippen LogP contribution in [0.4, 0.5) is 0 Å². The first kappa shape index (κ1) is 17.9. The predicted octanol–water partition coefficient (Wildman–Crippen LogP) is 0.944. The number of nitrogens with zero attached hydrogens (tertiary/aromatic N) is 4. The minimum atomic E-state index is -1.09. The van der Waals surface area contributed by atoms with E-state index >= 15 is 0 Å². The summed E-state index contributed by atoms with van der Waals surface area (Å²) >= 11 is 1.49. The average molecular weight is 366 g/mol. The third kappa shape index (κ3) is 2.95. The fourth-order valence-electron chi connectivity index (χ4n) is 3.64. The van der Waals surface area contributed by atoms with E-state index in [2.05, 4.69) is 10.1 Å². The Bertz CT molecular complexity index is 703. The molecule has 0 saturated carbocycles. The Balaban J connectivity index is 1.85. The normalized spacial score (nSPS) is 27.9. The SMILES string of the molecule is CC[C@H](Cn1cncn1)SC1=C(C(=O)O)N2C(=O)[C@H]([C@@H](C)O)[C@H]2[C@H]1C. The van der Waals surface area contributed by atoms with Crippen LogP contribution >= 0.6 is 11.8 Å². The van der Waals surface area contributed by atoms with Crippen molar-refractivity contribution in [2.75, 3.05) is 0 Å². The first-order chi connectivity index (χ1) is 11.9. The van der Waals surface area contributed by atoms with Crippen LogP contribution in [0.5, 0.6) is 0 Å². The van der Waals surface area contributed by atoms with Gasteiger partial charge in [-0.3, -0.25) is 9.48 Å². The molecule has 136 valence electrons. The summed E-state index contributed by atoms with van der Waals surface area (Å²) in [6, 6.07) is -0.273. The molecule has 3 heterocycles. The summed E-state index contributed by atoms with van der Waals surface area (Å²) in [6.07, 6.45) is 3.14. The summed E-state index contributed by atoms with van der Waals surface area (Å²) in [5.74, 6) is -2.04. The van der Waals surface area contributed by atoms with E-state index in [1.54, 1.807) is 17.9 Å². The van der Waals surface area contributed by atoms with E-state index < -0.39 is 18.0 Å². The summed E-state index contributed by atoms with van der Waals surface area (Å²) < 4.78 is 1.72. The van der Waals surface area contributed by atoms with Crippen molar-refractivity contribution in [3.05, 3.63) is 23.3 Å². The van der Waals surface area contributed by atoms with Gasteiger partial charge in [-0.1, -0.05) is 13.8 Å². The molecule has 0 aliphatic carbocycles. The van der Waals surface area contributed by atoms with Gasteiger partial charge in [0.1, 0.15) is 18.4 Å². The first-order valence-electron chi connectivity index (χ1n) is 8.34. The van der Waals surface area contributed by atoms with Gasteiger partial charge in [0, 0.05) is 16.1 Å².